The number of benzene rings is 4. The van der Waals surface area contributed by atoms with Crippen molar-refractivity contribution < 1.29 is 35.4 Å². The van der Waals surface area contributed by atoms with Gasteiger partial charge in [-0.1, -0.05) is 84.8 Å². The lowest BCUT2D eigenvalue weighted by Gasteiger charge is -2.32. The van der Waals surface area contributed by atoms with E-state index < -0.39 is 20.0 Å². The van der Waals surface area contributed by atoms with E-state index in [0.717, 1.165) is 24.0 Å². The molecule has 0 amide bonds. The van der Waals surface area contributed by atoms with Gasteiger partial charge >= 0.3 is 12.0 Å². The molecule has 2 saturated heterocycles. The SMILES string of the molecule is CCOc1ccc(S(=O)(=O)N2CCN(c3nc(C(CC)c4ccccc4)no3)CC2)cc1.CCOc1ccc(S(=O)(=O)N2CCN(c3nc(C(CC)c4ccccc4)no3)CC2)cc1. The second kappa shape index (κ2) is 21.2. The molecule has 8 rings (SSSR count). The van der Waals surface area contributed by atoms with Crippen molar-refractivity contribution in [3.05, 3.63) is 132 Å². The molecular formula is C46H56N8O8S2. The van der Waals surface area contributed by atoms with Gasteiger partial charge in [0.05, 0.1) is 23.0 Å². The fraction of sp³-hybridized carbons (Fsp3) is 0.391. The Morgan fingerprint density at radius 3 is 1.16 bits per heavy atom. The fourth-order valence-electron chi connectivity index (χ4n) is 7.78. The van der Waals surface area contributed by atoms with Gasteiger partial charge in [0.15, 0.2) is 11.6 Å². The molecule has 0 N–H and O–H groups in total. The number of aromatic nitrogens is 4. The van der Waals surface area contributed by atoms with Gasteiger partial charge in [0.2, 0.25) is 20.0 Å². The lowest BCUT2D eigenvalue weighted by Crippen LogP contribution is -2.48. The van der Waals surface area contributed by atoms with Crippen molar-refractivity contribution in [2.75, 3.05) is 75.4 Å². The minimum atomic E-state index is -3.56. The molecule has 2 fully saturated rings. The van der Waals surface area contributed by atoms with Crippen molar-refractivity contribution in [1.29, 1.82) is 0 Å². The van der Waals surface area contributed by atoms with Gasteiger partial charge in [-0.05, 0) is 86.3 Å². The quantitative estimate of drug-likeness (QED) is 0.0966. The van der Waals surface area contributed by atoms with E-state index in [9.17, 15) is 16.8 Å². The van der Waals surface area contributed by atoms with E-state index in [1.54, 1.807) is 48.5 Å². The first kappa shape index (κ1) is 46.2. The van der Waals surface area contributed by atoms with Gasteiger partial charge in [-0.2, -0.15) is 18.6 Å². The minimum Gasteiger partial charge on any atom is -0.494 e. The van der Waals surface area contributed by atoms with Crippen LogP contribution in [-0.4, -0.2) is 111 Å². The molecule has 0 aliphatic carbocycles. The smallest absolute Gasteiger partial charge is 0.324 e. The standard InChI is InChI=1S/2C23H28N4O4S/c2*1-3-21(18-8-6-5-7-9-18)22-24-23(31-25-22)26-14-16-27(17-15-26)32(28,29)20-12-10-19(11-13-20)30-4-2/h2*5-13,21H,3-4,14-17H2,1-2H3. The van der Waals surface area contributed by atoms with Gasteiger partial charge in [-0.3, -0.25) is 0 Å². The van der Waals surface area contributed by atoms with Crippen molar-refractivity contribution in [2.45, 2.75) is 62.2 Å². The average Bonchev–Trinajstić information content (AvgIpc) is 4.03. The summed E-state index contributed by atoms with van der Waals surface area (Å²) in [6.45, 7) is 12.4. The molecule has 4 aromatic carbocycles. The van der Waals surface area contributed by atoms with Crippen LogP contribution in [0.2, 0.25) is 0 Å². The zero-order valence-corrected chi connectivity index (χ0v) is 38.3. The topological polar surface area (TPSA) is 178 Å². The van der Waals surface area contributed by atoms with Crippen LogP contribution in [0, 0.1) is 0 Å². The Morgan fingerprint density at radius 2 is 0.844 bits per heavy atom. The summed E-state index contributed by atoms with van der Waals surface area (Å²) in [7, 11) is -7.13. The molecule has 0 spiro atoms. The molecular weight excluding hydrogens is 857 g/mol. The first-order chi connectivity index (χ1) is 31.0. The predicted molar refractivity (Wildman–Crippen MR) is 243 cm³/mol. The molecule has 16 nitrogen and oxygen atoms in total. The van der Waals surface area contributed by atoms with Crippen molar-refractivity contribution in [3.8, 4) is 11.5 Å². The molecule has 0 saturated carbocycles. The number of piperazine rings is 2. The van der Waals surface area contributed by atoms with Crippen molar-refractivity contribution >= 4 is 32.1 Å². The van der Waals surface area contributed by atoms with Crippen LogP contribution in [0.1, 0.15) is 75.1 Å². The molecule has 2 aliphatic rings. The Kier molecular flexibility index (Phi) is 15.3. The van der Waals surface area contributed by atoms with Crippen LogP contribution in [-0.2, 0) is 20.0 Å². The Balaban J connectivity index is 0.000000191. The Labute approximate surface area is 375 Å². The number of nitrogens with zero attached hydrogens (tertiary/aromatic N) is 8. The second-order valence-corrected chi connectivity index (χ2v) is 19.1. The van der Waals surface area contributed by atoms with Crippen molar-refractivity contribution in [2.24, 2.45) is 0 Å². The van der Waals surface area contributed by atoms with Crippen LogP contribution in [0.4, 0.5) is 12.0 Å². The lowest BCUT2D eigenvalue weighted by atomic mass is 9.96. The highest BCUT2D eigenvalue weighted by molar-refractivity contribution is 7.89. The Morgan fingerprint density at radius 1 is 0.500 bits per heavy atom. The predicted octanol–water partition coefficient (Wildman–Crippen LogP) is 7.04. The summed E-state index contributed by atoms with van der Waals surface area (Å²) in [6.07, 6.45) is 1.72. The summed E-state index contributed by atoms with van der Waals surface area (Å²) in [5.41, 5.74) is 2.29. The third kappa shape index (κ3) is 10.7. The molecule has 18 heteroatoms. The average molecular weight is 913 g/mol. The highest BCUT2D eigenvalue weighted by atomic mass is 32.2. The van der Waals surface area contributed by atoms with Gasteiger partial charge in [0.25, 0.3) is 0 Å². The van der Waals surface area contributed by atoms with Crippen molar-refractivity contribution in [1.82, 2.24) is 28.9 Å². The summed E-state index contributed by atoms with van der Waals surface area (Å²) in [5.74, 6) is 2.75. The maximum atomic E-state index is 13.0. The van der Waals surface area contributed by atoms with Crippen molar-refractivity contribution in [3.63, 3.8) is 0 Å². The number of ether oxygens (including phenoxy) is 2. The summed E-state index contributed by atoms with van der Waals surface area (Å²) in [4.78, 5) is 13.7. The number of hydrogen-bond acceptors (Lipinski definition) is 14. The first-order valence-electron chi connectivity index (χ1n) is 21.8. The summed E-state index contributed by atoms with van der Waals surface area (Å²) in [6, 6.07) is 34.2. The van der Waals surface area contributed by atoms with Crippen LogP contribution in [0.25, 0.3) is 0 Å². The molecule has 4 heterocycles. The summed E-state index contributed by atoms with van der Waals surface area (Å²) in [5, 5.41) is 8.41. The maximum absolute atomic E-state index is 13.0. The van der Waals surface area contributed by atoms with Gasteiger partial charge in [-0.15, -0.1) is 0 Å². The highest BCUT2D eigenvalue weighted by Crippen LogP contribution is 2.30. The third-order valence-electron chi connectivity index (χ3n) is 11.3. The van der Waals surface area contributed by atoms with Crippen LogP contribution in [0.3, 0.4) is 0 Å². The van der Waals surface area contributed by atoms with Gasteiger partial charge < -0.3 is 28.3 Å². The zero-order valence-electron chi connectivity index (χ0n) is 36.7. The lowest BCUT2D eigenvalue weighted by molar-refractivity contribution is 0.339. The molecule has 340 valence electrons. The molecule has 2 aromatic heterocycles. The van der Waals surface area contributed by atoms with Gasteiger partial charge in [0.1, 0.15) is 11.5 Å². The van der Waals surface area contributed by atoms with E-state index in [0.29, 0.717) is 101 Å². The Bertz CT molecular complexity index is 2400. The third-order valence-corrected chi connectivity index (χ3v) is 15.1. The molecule has 2 unspecified atom stereocenters. The first-order valence-corrected chi connectivity index (χ1v) is 24.7. The van der Waals surface area contributed by atoms with E-state index >= 15 is 0 Å². The van der Waals surface area contributed by atoms with E-state index in [4.69, 9.17) is 18.5 Å². The molecule has 6 aromatic rings. The second-order valence-electron chi connectivity index (χ2n) is 15.2. The maximum Gasteiger partial charge on any atom is 0.324 e. The van der Waals surface area contributed by atoms with E-state index in [2.05, 4.69) is 58.4 Å². The Hall–Kier alpha value is -5.82. The van der Waals surface area contributed by atoms with E-state index in [-0.39, 0.29) is 21.6 Å². The molecule has 2 aliphatic heterocycles. The normalized spacial score (nSPS) is 16.1. The zero-order chi connectivity index (χ0) is 45.1. The monoisotopic (exact) mass is 912 g/mol. The van der Waals surface area contributed by atoms with Gasteiger partial charge in [-0.25, -0.2) is 16.8 Å². The van der Waals surface area contributed by atoms with Crippen LogP contribution in [0.15, 0.2) is 128 Å². The molecule has 0 bridgehead atoms. The van der Waals surface area contributed by atoms with Crippen LogP contribution < -0.4 is 19.3 Å². The number of rotatable bonds is 16. The molecule has 2 atom stereocenters. The highest BCUT2D eigenvalue weighted by Gasteiger charge is 2.33. The molecule has 64 heavy (non-hydrogen) atoms. The number of anilines is 2. The van der Waals surface area contributed by atoms with E-state index in [1.807, 2.05) is 60.0 Å². The molecule has 0 radical (unpaired) electrons. The fourth-order valence-corrected chi connectivity index (χ4v) is 10.6. The van der Waals surface area contributed by atoms with Gasteiger partial charge in [0, 0.05) is 64.2 Å². The number of sulfonamides is 2. The van der Waals surface area contributed by atoms with Crippen LogP contribution >= 0.6 is 0 Å². The van der Waals surface area contributed by atoms with Crippen LogP contribution in [0.5, 0.6) is 11.5 Å². The minimum absolute atomic E-state index is 0.0648. The summed E-state index contributed by atoms with van der Waals surface area (Å²) < 4.78 is 76.9. The summed E-state index contributed by atoms with van der Waals surface area (Å²) >= 11 is 0. The number of hydrogen-bond donors (Lipinski definition) is 0. The van der Waals surface area contributed by atoms with E-state index in [1.165, 1.54) is 8.61 Å². The largest absolute Gasteiger partial charge is 0.494 e.